The Morgan fingerprint density at radius 2 is 2.26 bits per heavy atom. The fraction of sp³-hybridized carbons (Fsp3) is 0.846. The van der Waals surface area contributed by atoms with Crippen molar-refractivity contribution in [2.24, 2.45) is 11.8 Å². The molecule has 1 saturated heterocycles. The fourth-order valence-electron chi connectivity index (χ4n) is 2.53. The van der Waals surface area contributed by atoms with Gasteiger partial charge in [0.05, 0.1) is 6.54 Å². The molecule has 0 aliphatic carbocycles. The zero-order chi connectivity index (χ0) is 13.0. The van der Waals surface area contributed by atoms with Crippen molar-refractivity contribution in [2.75, 3.05) is 27.2 Å². The molecule has 2 heterocycles. The minimum Gasteiger partial charge on any atom is -0.339 e. The highest BCUT2D eigenvalue weighted by molar-refractivity contribution is 5.85. The summed E-state index contributed by atoms with van der Waals surface area (Å²) in [7, 11) is 4.01. The van der Waals surface area contributed by atoms with Crippen LogP contribution in [0.2, 0.25) is 0 Å². The zero-order valence-corrected chi connectivity index (χ0v) is 12.9. The van der Waals surface area contributed by atoms with E-state index in [0.29, 0.717) is 5.92 Å². The van der Waals surface area contributed by atoms with Gasteiger partial charge in [0.25, 0.3) is 0 Å². The Morgan fingerprint density at radius 1 is 1.47 bits per heavy atom. The predicted octanol–water partition coefficient (Wildman–Crippen LogP) is 1.73. The van der Waals surface area contributed by atoms with Crippen LogP contribution in [0.4, 0.5) is 0 Å². The number of piperidine rings is 1. The Morgan fingerprint density at radius 3 is 2.89 bits per heavy atom. The van der Waals surface area contributed by atoms with Crippen molar-refractivity contribution in [1.29, 1.82) is 0 Å². The number of nitrogens with zero attached hydrogens (tertiary/aromatic N) is 3. The highest BCUT2D eigenvalue weighted by Crippen LogP contribution is 2.22. The highest BCUT2D eigenvalue weighted by atomic mass is 35.5. The zero-order valence-electron chi connectivity index (χ0n) is 12.1. The van der Waals surface area contributed by atoms with E-state index in [-0.39, 0.29) is 12.4 Å². The van der Waals surface area contributed by atoms with E-state index in [1.54, 1.807) is 0 Å². The van der Waals surface area contributed by atoms with E-state index in [1.807, 2.05) is 19.0 Å². The highest BCUT2D eigenvalue weighted by Gasteiger charge is 2.22. The Balaban J connectivity index is 0.00000180. The molecule has 1 N–H and O–H groups in total. The standard InChI is InChI=1S/C13H24N4O.ClH/c1-10(11-5-4-6-14-8-11)7-13-15-12(16-18-13)9-17(2)3;/h10-11,14H,4-9H2,1-3H3;1H. The van der Waals surface area contributed by atoms with Crippen molar-refractivity contribution in [3.63, 3.8) is 0 Å². The second-order valence-corrected chi connectivity index (χ2v) is 5.63. The number of nitrogens with one attached hydrogen (secondary N) is 1. The molecule has 2 unspecified atom stereocenters. The maximum Gasteiger partial charge on any atom is 0.226 e. The van der Waals surface area contributed by atoms with Gasteiger partial charge < -0.3 is 14.7 Å². The van der Waals surface area contributed by atoms with Gasteiger partial charge in [-0.15, -0.1) is 12.4 Å². The van der Waals surface area contributed by atoms with Crippen molar-refractivity contribution in [2.45, 2.75) is 32.7 Å². The van der Waals surface area contributed by atoms with Crippen LogP contribution >= 0.6 is 12.4 Å². The van der Waals surface area contributed by atoms with E-state index in [9.17, 15) is 0 Å². The van der Waals surface area contributed by atoms with Crippen LogP contribution in [-0.2, 0) is 13.0 Å². The molecule has 1 aromatic heterocycles. The van der Waals surface area contributed by atoms with Crippen LogP contribution in [0.5, 0.6) is 0 Å². The van der Waals surface area contributed by atoms with Crippen molar-refractivity contribution >= 4 is 12.4 Å². The van der Waals surface area contributed by atoms with Gasteiger partial charge in [-0.3, -0.25) is 0 Å². The van der Waals surface area contributed by atoms with Crippen LogP contribution < -0.4 is 5.32 Å². The summed E-state index contributed by atoms with van der Waals surface area (Å²) in [6.07, 6.45) is 3.49. The number of aromatic nitrogens is 2. The molecule has 2 rings (SSSR count). The molecule has 0 bridgehead atoms. The van der Waals surface area contributed by atoms with Gasteiger partial charge in [0.2, 0.25) is 5.89 Å². The molecule has 0 spiro atoms. The van der Waals surface area contributed by atoms with E-state index in [4.69, 9.17) is 4.52 Å². The van der Waals surface area contributed by atoms with Crippen LogP contribution in [0.1, 0.15) is 31.5 Å². The largest absolute Gasteiger partial charge is 0.339 e. The summed E-state index contributed by atoms with van der Waals surface area (Å²) in [6.45, 7) is 5.31. The molecular formula is C13H25ClN4O. The average molecular weight is 289 g/mol. The number of hydrogen-bond acceptors (Lipinski definition) is 5. The molecule has 2 atom stereocenters. The van der Waals surface area contributed by atoms with Gasteiger partial charge in [0.15, 0.2) is 5.82 Å². The molecule has 0 amide bonds. The normalized spacial score (nSPS) is 21.2. The molecular weight excluding hydrogens is 264 g/mol. The van der Waals surface area contributed by atoms with Crippen LogP contribution in [0.15, 0.2) is 4.52 Å². The van der Waals surface area contributed by atoms with Gasteiger partial charge in [0, 0.05) is 6.42 Å². The lowest BCUT2D eigenvalue weighted by Gasteiger charge is -2.27. The van der Waals surface area contributed by atoms with E-state index >= 15 is 0 Å². The van der Waals surface area contributed by atoms with Crippen molar-refractivity contribution in [1.82, 2.24) is 20.4 Å². The molecule has 0 aromatic carbocycles. The molecule has 6 heteroatoms. The van der Waals surface area contributed by atoms with Crippen LogP contribution in [0.3, 0.4) is 0 Å². The first-order chi connectivity index (χ1) is 8.65. The molecule has 1 aliphatic rings. The van der Waals surface area contributed by atoms with Gasteiger partial charge in [-0.2, -0.15) is 4.98 Å². The maximum atomic E-state index is 5.32. The first kappa shape index (κ1) is 16.4. The first-order valence-corrected chi connectivity index (χ1v) is 6.82. The van der Waals surface area contributed by atoms with E-state index in [0.717, 1.165) is 43.7 Å². The molecule has 1 aromatic rings. The lowest BCUT2D eigenvalue weighted by atomic mass is 9.85. The SMILES string of the molecule is CC(Cc1nc(CN(C)C)no1)C1CCCNC1.Cl. The monoisotopic (exact) mass is 288 g/mol. The van der Waals surface area contributed by atoms with Crippen LogP contribution in [0, 0.1) is 11.8 Å². The Bertz CT molecular complexity index is 363. The second-order valence-electron chi connectivity index (χ2n) is 5.63. The van der Waals surface area contributed by atoms with Gasteiger partial charge in [-0.25, -0.2) is 0 Å². The van der Waals surface area contributed by atoms with Crippen molar-refractivity contribution in [3.05, 3.63) is 11.7 Å². The van der Waals surface area contributed by atoms with Gasteiger partial charge in [-0.1, -0.05) is 12.1 Å². The topological polar surface area (TPSA) is 54.2 Å². The van der Waals surface area contributed by atoms with Crippen LogP contribution in [0.25, 0.3) is 0 Å². The maximum absolute atomic E-state index is 5.32. The molecule has 0 saturated carbocycles. The summed E-state index contributed by atoms with van der Waals surface area (Å²) in [5.41, 5.74) is 0. The molecule has 110 valence electrons. The average Bonchev–Trinajstić information content (AvgIpc) is 2.76. The van der Waals surface area contributed by atoms with Crippen LogP contribution in [-0.4, -0.2) is 42.2 Å². The Hall–Kier alpha value is -0.650. The molecule has 5 nitrogen and oxygen atoms in total. The molecule has 19 heavy (non-hydrogen) atoms. The third-order valence-corrected chi connectivity index (χ3v) is 3.60. The second kappa shape index (κ2) is 7.82. The lowest BCUT2D eigenvalue weighted by molar-refractivity contribution is 0.256. The first-order valence-electron chi connectivity index (χ1n) is 6.82. The fourth-order valence-corrected chi connectivity index (χ4v) is 2.53. The van der Waals surface area contributed by atoms with Gasteiger partial charge in [-0.05, 0) is 51.9 Å². The number of rotatable bonds is 5. The summed E-state index contributed by atoms with van der Waals surface area (Å²) in [5.74, 6) is 2.90. The molecule has 1 aliphatic heterocycles. The molecule has 1 fully saturated rings. The summed E-state index contributed by atoms with van der Waals surface area (Å²) in [4.78, 5) is 6.49. The van der Waals surface area contributed by atoms with Gasteiger partial charge in [0.1, 0.15) is 0 Å². The van der Waals surface area contributed by atoms with E-state index in [1.165, 1.54) is 12.8 Å². The summed E-state index contributed by atoms with van der Waals surface area (Å²) in [6, 6.07) is 0. The van der Waals surface area contributed by atoms with E-state index < -0.39 is 0 Å². The minimum absolute atomic E-state index is 0. The van der Waals surface area contributed by atoms with Gasteiger partial charge >= 0.3 is 0 Å². The quantitative estimate of drug-likeness (QED) is 0.894. The molecule has 0 radical (unpaired) electrons. The van der Waals surface area contributed by atoms with Crippen molar-refractivity contribution < 1.29 is 4.52 Å². The third-order valence-electron chi connectivity index (χ3n) is 3.60. The number of hydrogen-bond donors (Lipinski definition) is 1. The smallest absolute Gasteiger partial charge is 0.226 e. The Kier molecular flexibility index (Phi) is 6.75. The minimum atomic E-state index is 0. The predicted molar refractivity (Wildman–Crippen MR) is 77.4 cm³/mol. The third kappa shape index (κ3) is 5.09. The summed E-state index contributed by atoms with van der Waals surface area (Å²) >= 11 is 0. The lowest BCUT2D eigenvalue weighted by Crippen LogP contribution is -2.33. The number of halogens is 1. The van der Waals surface area contributed by atoms with E-state index in [2.05, 4.69) is 22.4 Å². The van der Waals surface area contributed by atoms with Crippen molar-refractivity contribution in [3.8, 4) is 0 Å². The summed E-state index contributed by atoms with van der Waals surface area (Å²) in [5, 5.41) is 7.47. The summed E-state index contributed by atoms with van der Waals surface area (Å²) < 4.78 is 5.32. The Labute approximate surface area is 121 Å².